The summed E-state index contributed by atoms with van der Waals surface area (Å²) in [4.78, 5) is 23.6. The Kier molecular flexibility index (Phi) is 6.62. The normalized spacial score (nSPS) is 12.5. The summed E-state index contributed by atoms with van der Waals surface area (Å²) < 4.78 is 53.3. The summed E-state index contributed by atoms with van der Waals surface area (Å²) in [6.07, 6.45) is -4.49. The quantitative estimate of drug-likeness (QED) is 0.741. The smallest absolute Gasteiger partial charge is 0.416 e. The van der Waals surface area contributed by atoms with Gasteiger partial charge in [-0.25, -0.2) is 4.79 Å². The van der Waals surface area contributed by atoms with E-state index in [2.05, 4.69) is 5.32 Å². The Morgan fingerprint density at radius 2 is 1.96 bits per heavy atom. The molecule has 6 nitrogen and oxygen atoms in total. The number of esters is 1. The number of benzene rings is 1. The first kappa shape index (κ1) is 20.5. The molecule has 0 unspecified atom stereocenters. The molecule has 0 aliphatic heterocycles. The van der Waals surface area contributed by atoms with E-state index in [-0.39, 0.29) is 23.1 Å². The largest absolute Gasteiger partial charge is 0.450 e. The molecule has 0 saturated carbocycles. The molecule has 1 aromatic carbocycles. The highest BCUT2D eigenvalue weighted by Crippen LogP contribution is 2.32. The van der Waals surface area contributed by atoms with Gasteiger partial charge in [-0.15, -0.1) is 0 Å². The van der Waals surface area contributed by atoms with E-state index in [4.69, 9.17) is 13.9 Å². The second kappa shape index (κ2) is 8.72. The van der Waals surface area contributed by atoms with Crippen LogP contribution in [0, 0.1) is 0 Å². The van der Waals surface area contributed by atoms with Gasteiger partial charge in [0.05, 0.1) is 12.2 Å². The summed E-state index contributed by atoms with van der Waals surface area (Å²) >= 11 is 0. The molecule has 27 heavy (non-hydrogen) atoms. The SMILES string of the molecule is COC[C@H](C)NC(=O)COC(=O)c1ccc(-c2cccc(C(F)(F)F)c2)o1. The molecule has 0 bridgehead atoms. The molecule has 1 atom stereocenters. The van der Waals surface area contributed by atoms with Gasteiger partial charge in [0.15, 0.2) is 6.61 Å². The topological polar surface area (TPSA) is 77.8 Å². The summed E-state index contributed by atoms with van der Waals surface area (Å²) in [6.45, 7) is 1.50. The van der Waals surface area contributed by atoms with Crippen molar-refractivity contribution in [3.63, 3.8) is 0 Å². The maximum atomic E-state index is 12.8. The zero-order chi connectivity index (χ0) is 20.0. The molecule has 1 N–H and O–H groups in total. The van der Waals surface area contributed by atoms with Gasteiger partial charge in [-0.1, -0.05) is 12.1 Å². The Balaban J connectivity index is 1.99. The number of carbonyl (C=O) groups excluding carboxylic acids is 2. The van der Waals surface area contributed by atoms with E-state index >= 15 is 0 Å². The second-order valence-corrected chi connectivity index (χ2v) is 5.74. The third-order valence-corrected chi connectivity index (χ3v) is 3.44. The molecule has 0 aliphatic rings. The van der Waals surface area contributed by atoms with E-state index in [0.717, 1.165) is 12.1 Å². The van der Waals surface area contributed by atoms with Crippen LogP contribution in [0.25, 0.3) is 11.3 Å². The molecule has 9 heteroatoms. The number of carbonyl (C=O) groups is 2. The third-order valence-electron chi connectivity index (χ3n) is 3.44. The first-order chi connectivity index (χ1) is 12.7. The second-order valence-electron chi connectivity index (χ2n) is 5.74. The fourth-order valence-electron chi connectivity index (χ4n) is 2.26. The van der Waals surface area contributed by atoms with E-state index in [1.165, 1.54) is 31.4 Å². The van der Waals surface area contributed by atoms with Crippen LogP contribution in [0.2, 0.25) is 0 Å². The molecule has 0 radical (unpaired) electrons. The van der Waals surface area contributed by atoms with Gasteiger partial charge >= 0.3 is 12.1 Å². The molecule has 1 heterocycles. The lowest BCUT2D eigenvalue weighted by molar-refractivity contribution is -0.137. The van der Waals surface area contributed by atoms with Gasteiger partial charge in [0.1, 0.15) is 5.76 Å². The lowest BCUT2D eigenvalue weighted by Gasteiger charge is -2.12. The summed E-state index contributed by atoms with van der Waals surface area (Å²) in [5.74, 6) is -1.56. The predicted molar refractivity (Wildman–Crippen MR) is 88.9 cm³/mol. The van der Waals surface area contributed by atoms with Crippen LogP contribution in [0.3, 0.4) is 0 Å². The highest BCUT2D eigenvalue weighted by atomic mass is 19.4. The standard InChI is InChI=1S/C18H18F3NO5/c1-11(9-25-2)22-16(23)10-26-17(24)15-7-6-14(27-15)12-4-3-5-13(8-12)18(19,20)21/h3-8,11H,9-10H2,1-2H3,(H,22,23)/t11-/m0/s1. The summed E-state index contributed by atoms with van der Waals surface area (Å²) in [6, 6.07) is 6.88. The Morgan fingerprint density at radius 1 is 1.22 bits per heavy atom. The van der Waals surface area contributed by atoms with E-state index in [9.17, 15) is 22.8 Å². The first-order valence-corrected chi connectivity index (χ1v) is 7.93. The van der Waals surface area contributed by atoms with Crippen LogP contribution in [0.5, 0.6) is 0 Å². The van der Waals surface area contributed by atoms with Crippen molar-refractivity contribution >= 4 is 11.9 Å². The molecule has 1 aromatic heterocycles. The van der Waals surface area contributed by atoms with Crippen LogP contribution in [-0.2, 0) is 20.4 Å². The first-order valence-electron chi connectivity index (χ1n) is 7.93. The Hall–Kier alpha value is -2.81. The number of hydrogen-bond acceptors (Lipinski definition) is 5. The average Bonchev–Trinajstić information content (AvgIpc) is 3.09. The molecular formula is C18H18F3NO5. The molecule has 2 rings (SSSR count). The van der Waals surface area contributed by atoms with Gasteiger partial charge in [0.25, 0.3) is 5.91 Å². The number of nitrogens with one attached hydrogen (secondary N) is 1. The Morgan fingerprint density at radius 3 is 2.63 bits per heavy atom. The summed E-state index contributed by atoms with van der Waals surface area (Å²) in [5.41, 5.74) is -0.669. The average molecular weight is 385 g/mol. The van der Waals surface area contributed by atoms with Crippen molar-refractivity contribution in [2.45, 2.75) is 19.1 Å². The van der Waals surface area contributed by atoms with Crippen molar-refractivity contribution in [3.8, 4) is 11.3 Å². The highest BCUT2D eigenvalue weighted by Gasteiger charge is 2.30. The van der Waals surface area contributed by atoms with E-state index in [0.29, 0.717) is 6.61 Å². The third kappa shape index (κ3) is 5.85. The summed E-state index contributed by atoms with van der Waals surface area (Å²) in [7, 11) is 1.49. The van der Waals surface area contributed by atoms with Crippen molar-refractivity contribution in [2.24, 2.45) is 0 Å². The van der Waals surface area contributed by atoms with Crippen LogP contribution in [-0.4, -0.2) is 38.2 Å². The van der Waals surface area contributed by atoms with Gasteiger partial charge in [-0.2, -0.15) is 13.2 Å². The zero-order valence-corrected chi connectivity index (χ0v) is 14.6. The number of hydrogen-bond donors (Lipinski definition) is 1. The number of amides is 1. The number of halogens is 3. The van der Waals surface area contributed by atoms with Crippen molar-refractivity contribution in [1.82, 2.24) is 5.32 Å². The predicted octanol–water partition coefficient (Wildman–Crippen LogP) is 3.27. The molecule has 1 amide bonds. The number of alkyl halides is 3. The minimum absolute atomic E-state index is 0.0752. The van der Waals surface area contributed by atoms with Gasteiger partial charge < -0.3 is 19.2 Å². The van der Waals surface area contributed by atoms with Gasteiger partial charge in [0.2, 0.25) is 5.76 Å². The Bertz CT molecular complexity index is 800. The van der Waals surface area contributed by atoms with Crippen LogP contribution in [0.1, 0.15) is 23.0 Å². The summed E-state index contributed by atoms with van der Waals surface area (Å²) in [5, 5.41) is 2.56. The molecule has 0 aliphatic carbocycles. The molecule has 0 fully saturated rings. The molecule has 0 spiro atoms. The number of furan rings is 1. The Labute approximate surface area is 153 Å². The monoisotopic (exact) mass is 385 g/mol. The highest BCUT2D eigenvalue weighted by molar-refractivity contribution is 5.89. The van der Waals surface area contributed by atoms with Crippen LogP contribution in [0.15, 0.2) is 40.8 Å². The number of rotatable bonds is 7. The van der Waals surface area contributed by atoms with Gasteiger partial charge in [-0.3, -0.25) is 4.79 Å². The van der Waals surface area contributed by atoms with E-state index < -0.39 is 30.2 Å². The van der Waals surface area contributed by atoms with Crippen LogP contribution >= 0.6 is 0 Å². The van der Waals surface area contributed by atoms with Crippen LogP contribution < -0.4 is 5.32 Å². The minimum atomic E-state index is -4.49. The van der Waals surface area contributed by atoms with Crippen molar-refractivity contribution in [1.29, 1.82) is 0 Å². The number of ether oxygens (including phenoxy) is 2. The molecule has 0 saturated heterocycles. The molecular weight excluding hydrogens is 367 g/mol. The van der Waals surface area contributed by atoms with Crippen LogP contribution in [0.4, 0.5) is 13.2 Å². The van der Waals surface area contributed by atoms with E-state index in [1.807, 2.05) is 0 Å². The fourth-order valence-corrected chi connectivity index (χ4v) is 2.26. The van der Waals surface area contributed by atoms with Gasteiger partial charge in [-0.05, 0) is 31.2 Å². The lowest BCUT2D eigenvalue weighted by atomic mass is 10.1. The van der Waals surface area contributed by atoms with Crippen molar-refractivity contribution < 1.29 is 36.7 Å². The van der Waals surface area contributed by atoms with Crippen molar-refractivity contribution in [2.75, 3.05) is 20.3 Å². The van der Waals surface area contributed by atoms with Crippen molar-refractivity contribution in [3.05, 3.63) is 47.7 Å². The van der Waals surface area contributed by atoms with Gasteiger partial charge in [0, 0.05) is 18.7 Å². The van der Waals surface area contributed by atoms with E-state index in [1.54, 1.807) is 6.92 Å². The minimum Gasteiger partial charge on any atom is -0.450 e. The maximum absolute atomic E-state index is 12.8. The fraction of sp³-hybridized carbons (Fsp3) is 0.333. The maximum Gasteiger partial charge on any atom is 0.416 e. The zero-order valence-electron chi connectivity index (χ0n) is 14.6. The lowest BCUT2D eigenvalue weighted by Crippen LogP contribution is -2.38. The number of methoxy groups -OCH3 is 1. The molecule has 146 valence electrons. The molecule has 2 aromatic rings.